The van der Waals surface area contributed by atoms with Gasteiger partial charge in [0, 0.05) is 12.2 Å². The van der Waals surface area contributed by atoms with Gasteiger partial charge in [-0.2, -0.15) is 5.26 Å². The van der Waals surface area contributed by atoms with E-state index in [4.69, 9.17) is 10.00 Å². The summed E-state index contributed by atoms with van der Waals surface area (Å²) in [5.41, 5.74) is 3.07. The molecule has 0 fully saturated rings. The number of aryl methyl sites for hydroxylation is 1. The first-order valence-corrected chi connectivity index (χ1v) is 7.18. The molecule has 0 amide bonds. The predicted octanol–water partition coefficient (Wildman–Crippen LogP) is 3.77. The molecule has 3 nitrogen and oxygen atoms in total. The quantitative estimate of drug-likeness (QED) is 0.808. The Morgan fingerprint density at radius 1 is 1.10 bits per heavy atom. The number of hydrogen-bond donors (Lipinski definition) is 0. The van der Waals surface area contributed by atoms with Crippen LogP contribution < -0.4 is 9.64 Å². The van der Waals surface area contributed by atoms with Gasteiger partial charge >= 0.3 is 0 Å². The molecule has 2 aromatic carbocycles. The van der Waals surface area contributed by atoms with Crippen LogP contribution in [-0.2, 0) is 0 Å². The van der Waals surface area contributed by atoms with Gasteiger partial charge in [0.2, 0.25) is 0 Å². The molecule has 0 saturated carbocycles. The van der Waals surface area contributed by atoms with E-state index in [1.54, 1.807) is 6.07 Å². The van der Waals surface area contributed by atoms with E-state index in [0.717, 1.165) is 13.1 Å². The van der Waals surface area contributed by atoms with Crippen LogP contribution in [-0.4, -0.2) is 19.7 Å². The minimum absolute atomic E-state index is 0.556. The van der Waals surface area contributed by atoms with Gasteiger partial charge in [0.1, 0.15) is 18.4 Å². The van der Waals surface area contributed by atoms with Crippen molar-refractivity contribution >= 4 is 5.69 Å². The number of nitrogens with zero attached hydrogens (tertiary/aromatic N) is 2. The van der Waals surface area contributed by atoms with Crippen LogP contribution in [0.4, 0.5) is 5.69 Å². The van der Waals surface area contributed by atoms with Gasteiger partial charge in [0.25, 0.3) is 0 Å². The molecule has 0 spiro atoms. The molecule has 0 aromatic heterocycles. The van der Waals surface area contributed by atoms with E-state index in [0.29, 0.717) is 17.9 Å². The molecule has 0 N–H and O–H groups in total. The summed E-state index contributed by atoms with van der Waals surface area (Å²) in [5, 5.41) is 9.05. The fraction of sp³-hybridized carbons (Fsp3) is 0.278. The maximum Gasteiger partial charge on any atom is 0.137 e. The summed E-state index contributed by atoms with van der Waals surface area (Å²) >= 11 is 0. The maximum atomic E-state index is 9.05. The Balaban J connectivity index is 1.99. The van der Waals surface area contributed by atoms with Crippen molar-refractivity contribution in [3.05, 3.63) is 59.7 Å². The fourth-order valence-corrected chi connectivity index (χ4v) is 2.32. The summed E-state index contributed by atoms with van der Waals surface area (Å²) in [6.07, 6.45) is 0. The van der Waals surface area contributed by atoms with Crippen LogP contribution in [0.15, 0.2) is 48.5 Å². The van der Waals surface area contributed by atoms with Crippen LogP contribution in [0, 0.1) is 18.3 Å². The summed E-state index contributed by atoms with van der Waals surface area (Å²) in [6.45, 7) is 6.52. The monoisotopic (exact) mass is 280 g/mol. The lowest BCUT2D eigenvalue weighted by Crippen LogP contribution is -2.28. The van der Waals surface area contributed by atoms with Gasteiger partial charge in [-0.25, -0.2) is 0 Å². The van der Waals surface area contributed by atoms with Crippen molar-refractivity contribution in [3.8, 4) is 11.8 Å². The Labute approximate surface area is 126 Å². The number of nitriles is 1. The van der Waals surface area contributed by atoms with Crippen LogP contribution in [0.3, 0.4) is 0 Å². The largest absolute Gasteiger partial charge is 0.490 e. The standard InChI is InChI=1S/C18H20N2O/c1-3-20(17-10-6-4-8-15(17)2)12-13-21-18-11-7-5-9-16(18)14-19/h4-11H,3,12-13H2,1-2H3. The Morgan fingerprint density at radius 3 is 2.52 bits per heavy atom. The summed E-state index contributed by atoms with van der Waals surface area (Å²) in [4.78, 5) is 2.28. The van der Waals surface area contributed by atoms with Gasteiger partial charge in [0.05, 0.1) is 12.1 Å². The number of ether oxygens (including phenoxy) is 1. The minimum Gasteiger partial charge on any atom is -0.490 e. The zero-order valence-corrected chi connectivity index (χ0v) is 12.5. The first-order valence-electron chi connectivity index (χ1n) is 7.18. The molecule has 0 atom stereocenters. The number of likely N-dealkylation sites (N-methyl/N-ethyl adjacent to an activating group) is 1. The van der Waals surface area contributed by atoms with E-state index in [1.165, 1.54) is 11.3 Å². The Kier molecular flexibility index (Phi) is 5.22. The molecule has 21 heavy (non-hydrogen) atoms. The second kappa shape index (κ2) is 7.35. The Hall–Kier alpha value is -2.47. The van der Waals surface area contributed by atoms with E-state index in [2.05, 4.69) is 43.0 Å². The molecule has 2 aromatic rings. The summed E-state index contributed by atoms with van der Waals surface area (Å²) in [7, 11) is 0. The molecule has 0 radical (unpaired) electrons. The van der Waals surface area contributed by atoms with Gasteiger partial charge in [-0.05, 0) is 37.6 Å². The van der Waals surface area contributed by atoms with Gasteiger partial charge in [-0.15, -0.1) is 0 Å². The van der Waals surface area contributed by atoms with Crippen LogP contribution in [0.5, 0.6) is 5.75 Å². The normalized spacial score (nSPS) is 9.95. The lowest BCUT2D eigenvalue weighted by Gasteiger charge is -2.25. The van der Waals surface area contributed by atoms with Crippen molar-refractivity contribution in [1.29, 1.82) is 5.26 Å². The number of rotatable bonds is 6. The molecule has 0 aliphatic heterocycles. The zero-order chi connectivity index (χ0) is 15.1. The molecule has 0 aliphatic rings. The zero-order valence-electron chi connectivity index (χ0n) is 12.5. The average molecular weight is 280 g/mol. The minimum atomic E-state index is 0.556. The molecular weight excluding hydrogens is 260 g/mol. The Bertz CT molecular complexity index is 631. The Morgan fingerprint density at radius 2 is 1.81 bits per heavy atom. The second-order valence-corrected chi connectivity index (χ2v) is 4.82. The smallest absolute Gasteiger partial charge is 0.137 e. The topological polar surface area (TPSA) is 36.3 Å². The summed E-state index contributed by atoms with van der Waals surface area (Å²) in [5.74, 6) is 0.654. The lowest BCUT2D eigenvalue weighted by molar-refractivity contribution is 0.323. The highest BCUT2D eigenvalue weighted by Gasteiger charge is 2.07. The van der Waals surface area contributed by atoms with E-state index in [9.17, 15) is 0 Å². The predicted molar refractivity (Wildman–Crippen MR) is 85.7 cm³/mol. The highest BCUT2D eigenvalue weighted by molar-refractivity contribution is 5.52. The van der Waals surface area contributed by atoms with Crippen molar-refractivity contribution in [2.75, 3.05) is 24.6 Å². The number of anilines is 1. The first-order chi connectivity index (χ1) is 10.3. The van der Waals surface area contributed by atoms with Crippen LogP contribution in [0.2, 0.25) is 0 Å². The molecule has 2 rings (SSSR count). The van der Waals surface area contributed by atoms with Crippen LogP contribution >= 0.6 is 0 Å². The van der Waals surface area contributed by atoms with Crippen LogP contribution in [0.1, 0.15) is 18.1 Å². The van der Waals surface area contributed by atoms with Crippen molar-refractivity contribution < 1.29 is 4.74 Å². The molecule has 3 heteroatoms. The lowest BCUT2D eigenvalue weighted by atomic mass is 10.2. The number of hydrogen-bond acceptors (Lipinski definition) is 3. The van der Waals surface area contributed by atoms with Crippen molar-refractivity contribution in [1.82, 2.24) is 0 Å². The van der Waals surface area contributed by atoms with E-state index < -0.39 is 0 Å². The molecule has 0 bridgehead atoms. The van der Waals surface area contributed by atoms with Gasteiger partial charge in [-0.3, -0.25) is 0 Å². The van der Waals surface area contributed by atoms with Crippen LogP contribution in [0.25, 0.3) is 0 Å². The summed E-state index contributed by atoms with van der Waals surface area (Å²) in [6, 6.07) is 17.8. The van der Waals surface area contributed by atoms with Crippen molar-refractivity contribution in [2.45, 2.75) is 13.8 Å². The average Bonchev–Trinajstić information content (AvgIpc) is 2.53. The molecular formula is C18H20N2O. The molecule has 108 valence electrons. The molecule has 0 heterocycles. The van der Waals surface area contributed by atoms with Gasteiger partial charge in [-0.1, -0.05) is 30.3 Å². The molecule has 0 saturated heterocycles. The van der Waals surface area contributed by atoms with Crippen molar-refractivity contribution in [3.63, 3.8) is 0 Å². The van der Waals surface area contributed by atoms with Gasteiger partial charge in [0.15, 0.2) is 0 Å². The van der Waals surface area contributed by atoms with E-state index >= 15 is 0 Å². The summed E-state index contributed by atoms with van der Waals surface area (Å²) < 4.78 is 5.76. The third-order valence-corrected chi connectivity index (χ3v) is 3.46. The van der Waals surface area contributed by atoms with Gasteiger partial charge < -0.3 is 9.64 Å². The third kappa shape index (κ3) is 3.76. The molecule has 0 unspecified atom stereocenters. The second-order valence-electron chi connectivity index (χ2n) is 4.82. The highest BCUT2D eigenvalue weighted by atomic mass is 16.5. The number of benzene rings is 2. The molecule has 0 aliphatic carbocycles. The van der Waals surface area contributed by atoms with Crippen molar-refractivity contribution in [2.24, 2.45) is 0 Å². The maximum absolute atomic E-state index is 9.05. The highest BCUT2D eigenvalue weighted by Crippen LogP contribution is 2.20. The number of para-hydroxylation sites is 2. The third-order valence-electron chi connectivity index (χ3n) is 3.46. The van der Waals surface area contributed by atoms with E-state index in [-0.39, 0.29) is 0 Å². The van der Waals surface area contributed by atoms with E-state index in [1.807, 2.05) is 24.3 Å². The first kappa shape index (κ1) is 14.9. The SMILES string of the molecule is CCN(CCOc1ccccc1C#N)c1ccccc1C. The fourth-order valence-electron chi connectivity index (χ4n) is 2.32.